The lowest BCUT2D eigenvalue weighted by Crippen LogP contribution is -2.45. The zero-order valence-corrected chi connectivity index (χ0v) is 12.9. The van der Waals surface area contributed by atoms with Gasteiger partial charge in [-0.25, -0.2) is 13.4 Å². The summed E-state index contributed by atoms with van der Waals surface area (Å²) < 4.78 is 23.0. The molecule has 0 aromatic rings. The number of rotatable bonds is 3. The van der Waals surface area contributed by atoms with Gasteiger partial charge in [-0.15, -0.1) is 11.8 Å². The van der Waals surface area contributed by atoms with Crippen molar-refractivity contribution in [2.24, 2.45) is 4.99 Å². The SMILES string of the molecule is CC/C=C/N=C(SC)C(=O)N[C@H]1CCCS(=O)(=O)C1. The van der Waals surface area contributed by atoms with Gasteiger partial charge in [0, 0.05) is 12.2 Å². The first-order valence-electron chi connectivity index (χ1n) is 6.26. The molecule has 1 aliphatic rings. The van der Waals surface area contributed by atoms with Crippen LogP contribution in [0.4, 0.5) is 0 Å². The minimum absolute atomic E-state index is 0.0329. The maximum atomic E-state index is 12.0. The van der Waals surface area contributed by atoms with E-state index in [0.29, 0.717) is 17.9 Å². The van der Waals surface area contributed by atoms with E-state index in [4.69, 9.17) is 0 Å². The van der Waals surface area contributed by atoms with Crippen molar-refractivity contribution in [3.05, 3.63) is 12.3 Å². The van der Waals surface area contributed by atoms with Crippen LogP contribution in [0.3, 0.4) is 0 Å². The van der Waals surface area contributed by atoms with Crippen LogP contribution in [0.25, 0.3) is 0 Å². The fourth-order valence-electron chi connectivity index (χ4n) is 1.81. The van der Waals surface area contributed by atoms with E-state index in [1.165, 1.54) is 11.8 Å². The molecule has 0 aromatic heterocycles. The summed E-state index contributed by atoms with van der Waals surface area (Å²) in [6.45, 7) is 1.98. The third-order valence-corrected chi connectivity index (χ3v) is 5.22. The molecule has 1 fully saturated rings. The summed E-state index contributed by atoms with van der Waals surface area (Å²) >= 11 is 1.25. The Hall–Kier alpha value is -0.820. The largest absolute Gasteiger partial charge is 0.346 e. The molecular formula is C12H20N2O3S2. The van der Waals surface area contributed by atoms with Gasteiger partial charge in [0.2, 0.25) is 0 Å². The van der Waals surface area contributed by atoms with Crippen molar-refractivity contribution in [3.63, 3.8) is 0 Å². The first-order chi connectivity index (χ1) is 8.98. The van der Waals surface area contributed by atoms with Crippen molar-refractivity contribution in [1.82, 2.24) is 5.32 Å². The van der Waals surface area contributed by atoms with Crippen LogP contribution in [-0.4, -0.2) is 43.2 Å². The van der Waals surface area contributed by atoms with Crippen LogP contribution in [0.1, 0.15) is 26.2 Å². The van der Waals surface area contributed by atoms with Gasteiger partial charge in [0.05, 0.1) is 11.5 Å². The summed E-state index contributed by atoms with van der Waals surface area (Å²) in [5.41, 5.74) is 0. The van der Waals surface area contributed by atoms with Gasteiger partial charge in [0.25, 0.3) is 5.91 Å². The summed E-state index contributed by atoms with van der Waals surface area (Å²) in [6.07, 6.45) is 7.40. The van der Waals surface area contributed by atoms with Crippen LogP contribution >= 0.6 is 11.8 Å². The number of nitrogens with one attached hydrogen (secondary N) is 1. The van der Waals surface area contributed by atoms with Gasteiger partial charge < -0.3 is 5.32 Å². The van der Waals surface area contributed by atoms with E-state index in [2.05, 4.69) is 10.3 Å². The molecule has 0 spiro atoms. The number of amides is 1. The number of carbonyl (C=O) groups excluding carboxylic acids is 1. The second-order valence-electron chi connectivity index (χ2n) is 4.36. The fraction of sp³-hybridized carbons (Fsp3) is 0.667. The van der Waals surface area contributed by atoms with Gasteiger partial charge >= 0.3 is 0 Å². The Morgan fingerprint density at radius 1 is 1.53 bits per heavy atom. The maximum absolute atomic E-state index is 12.0. The quantitative estimate of drug-likeness (QED) is 0.631. The van der Waals surface area contributed by atoms with Crippen molar-refractivity contribution in [2.75, 3.05) is 17.8 Å². The van der Waals surface area contributed by atoms with E-state index >= 15 is 0 Å². The smallest absolute Gasteiger partial charge is 0.276 e. The van der Waals surface area contributed by atoms with Gasteiger partial charge in [0.15, 0.2) is 14.9 Å². The van der Waals surface area contributed by atoms with E-state index in [-0.39, 0.29) is 23.5 Å². The lowest BCUT2D eigenvalue weighted by atomic mass is 10.2. The molecule has 1 aliphatic heterocycles. The van der Waals surface area contributed by atoms with E-state index < -0.39 is 9.84 Å². The molecule has 0 aromatic carbocycles. The number of allylic oxidation sites excluding steroid dienone is 1. The molecule has 1 heterocycles. The molecule has 0 saturated carbocycles. The van der Waals surface area contributed by atoms with Gasteiger partial charge in [-0.3, -0.25) is 4.79 Å². The maximum Gasteiger partial charge on any atom is 0.276 e. The highest BCUT2D eigenvalue weighted by molar-refractivity contribution is 8.15. The molecule has 7 heteroatoms. The number of hydrogen-bond acceptors (Lipinski definition) is 5. The third kappa shape index (κ3) is 5.78. The van der Waals surface area contributed by atoms with Gasteiger partial charge in [-0.2, -0.15) is 0 Å². The summed E-state index contributed by atoms with van der Waals surface area (Å²) in [5, 5.41) is 3.10. The molecular weight excluding hydrogens is 284 g/mol. The number of hydrogen-bond donors (Lipinski definition) is 1. The van der Waals surface area contributed by atoms with Crippen LogP contribution in [0.15, 0.2) is 17.3 Å². The lowest BCUT2D eigenvalue weighted by Gasteiger charge is -2.22. The summed E-state index contributed by atoms with van der Waals surface area (Å²) in [5.74, 6) is -0.0387. The Bertz CT molecular complexity index is 469. The van der Waals surface area contributed by atoms with E-state index in [1.54, 1.807) is 12.5 Å². The standard InChI is InChI=1S/C12H20N2O3S2/c1-3-4-7-13-12(18-2)11(15)14-10-6-5-8-19(16,17)9-10/h4,7,10H,3,5-6,8-9H2,1-2H3,(H,14,15)/b7-4+,13-12?/t10-/m0/s1. The molecule has 1 saturated heterocycles. The summed E-state index contributed by atoms with van der Waals surface area (Å²) in [7, 11) is -3.01. The van der Waals surface area contributed by atoms with Crippen molar-refractivity contribution in [3.8, 4) is 0 Å². The highest BCUT2D eigenvalue weighted by Crippen LogP contribution is 2.12. The highest BCUT2D eigenvalue weighted by Gasteiger charge is 2.26. The topological polar surface area (TPSA) is 75.6 Å². The molecule has 5 nitrogen and oxygen atoms in total. The predicted octanol–water partition coefficient (Wildman–Crippen LogP) is 1.36. The molecule has 0 unspecified atom stereocenters. The second-order valence-corrected chi connectivity index (χ2v) is 7.38. The first-order valence-corrected chi connectivity index (χ1v) is 9.31. The van der Waals surface area contributed by atoms with Crippen molar-refractivity contribution in [2.45, 2.75) is 32.2 Å². The molecule has 1 N–H and O–H groups in total. The Morgan fingerprint density at radius 3 is 2.84 bits per heavy atom. The van der Waals surface area contributed by atoms with Crippen molar-refractivity contribution < 1.29 is 13.2 Å². The molecule has 19 heavy (non-hydrogen) atoms. The minimum atomic E-state index is -3.01. The fourth-order valence-corrected chi connectivity index (χ4v) is 3.86. The lowest BCUT2D eigenvalue weighted by molar-refractivity contribution is -0.115. The molecule has 108 valence electrons. The van der Waals surface area contributed by atoms with E-state index in [9.17, 15) is 13.2 Å². The average Bonchev–Trinajstić information content (AvgIpc) is 2.33. The number of nitrogens with zero attached hydrogens (tertiary/aromatic N) is 1. The van der Waals surface area contributed by atoms with Crippen LogP contribution < -0.4 is 5.32 Å². The Morgan fingerprint density at radius 2 is 2.26 bits per heavy atom. The molecule has 1 atom stereocenters. The highest BCUT2D eigenvalue weighted by atomic mass is 32.2. The zero-order chi connectivity index (χ0) is 14.3. The number of aliphatic imine (C=N–C) groups is 1. The van der Waals surface area contributed by atoms with Gasteiger partial charge in [-0.05, 0) is 25.5 Å². The Kier molecular flexibility index (Phi) is 6.57. The zero-order valence-electron chi connectivity index (χ0n) is 11.3. The summed E-state index contributed by atoms with van der Waals surface area (Å²) in [6, 6.07) is -0.293. The molecule has 0 bridgehead atoms. The molecule has 0 radical (unpaired) electrons. The minimum Gasteiger partial charge on any atom is -0.346 e. The number of sulfone groups is 1. The first kappa shape index (κ1) is 16.2. The van der Waals surface area contributed by atoms with Crippen molar-refractivity contribution in [1.29, 1.82) is 0 Å². The van der Waals surface area contributed by atoms with Crippen LogP contribution in [0, 0.1) is 0 Å². The monoisotopic (exact) mass is 304 g/mol. The van der Waals surface area contributed by atoms with Gasteiger partial charge in [-0.1, -0.05) is 13.0 Å². The van der Waals surface area contributed by atoms with Crippen LogP contribution in [-0.2, 0) is 14.6 Å². The summed E-state index contributed by atoms with van der Waals surface area (Å²) in [4.78, 5) is 16.0. The average molecular weight is 304 g/mol. The number of carbonyl (C=O) groups is 1. The van der Waals surface area contributed by atoms with E-state index in [0.717, 1.165) is 6.42 Å². The Balaban J connectivity index is 2.62. The third-order valence-electron chi connectivity index (χ3n) is 2.72. The normalized spacial score (nSPS) is 23.5. The number of thioether (sulfide) groups is 1. The van der Waals surface area contributed by atoms with Crippen LogP contribution in [0.5, 0.6) is 0 Å². The predicted molar refractivity (Wildman–Crippen MR) is 80.2 cm³/mol. The van der Waals surface area contributed by atoms with Crippen molar-refractivity contribution >= 4 is 32.6 Å². The Labute approximate surface area is 118 Å². The molecule has 0 aliphatic carbocycles. The van der Waals surface area contributed by atoms with Gasteiger partial charge in [0.1, 0.15) is 0 Å². The molecule has 1 amide bonds. The second kappa shape index (κ2) is 7.69. The van der Waals surface area contributed by atoms with Crippen LogP contribution in [0.2, 0.25) is 0 Å². The molecule has 1 rings (SSSR count). The van der Waals surface area contributed by atoms with E-state index in [1.807, 2.05) is 13.0 Å².